The second kappa shape index (κ2) is 9.66. The minimum atomic E-state index is -4.40. The fourth-order valence-electron chi connectivity index (χ4n) is 3.32. The summed E-state index contributed by atoms with van der Waals surface area (Å²) >= 11 is 0. The third kappa shape index (κ3) is 6.09. The summed E-state index contributed by atoms with van der Waals surface area (Å²) in [6.07, 6.45) is -2.05. The summed E-state index contributed by atoms with van der Waals surface area (Å²) in [6.45, 7) is 0. The third-order valence-electron chi connectivity index (χ3n) is 5.13. The van der Waals surface area contributed by atoms with Crippen molar-refractivity contribution in [2.75, 3.05) is 0 Å². The average Bonchev–Trinajstić information content (AvgIpc) is 3.24. The Morgan fingerprint density at radius 3 is 1.54 bits per heavy atom. The molecule has 0 saturated heterocycles. The molecule has 1 heterocycles. The van der Waals surface area contributed by atoms with Gasteiger partial charge >= 0.3 is 12.4 Å². The summed E-state index contributed by atoms with van der Waals surface area (Å²) in [5.74, 6) is 0. The molecule has 0 bridgehead atoms. The van der Waals surface area contributed by atoms with E-state index in [9.17, 15) is 26.3 Å². The fourth-order valence-corrected chi connectivity index (χ4v) is 3.32. The molecule has 4 aromatic rings. The summed E-state index contributed by atoms with van der Waals surface area (Å²) in [4.78, 5) is 0. The Labute approximate surface area is 197 Å². The maximum absolute atomic E-state index is 12.8. The lowest BCUT2D eigenvalue weighted by Crippen LogP contribution is -2.03. The number of rotatable bonds is 5. The van der Waals surface area contributed by atoms with Crippen LogP contribution in [-0.4, -0.2) is 9.78 Å². The Balaban J connectivity index is 1.61. The minimum absolute atomic E-state index is 0.556. The number of hydrogen-bond acceptors (Lipinski definition) is 1. The van der Waals surface area contributed by atoms with E-state index in [4.69, 9.17) is 0 Å². The van der Waals surface area contributed by atoms with Gasteiger partial charge in [0.1, 0.15) is 0 Å². The first kappa shape index (κ1) is 24.1. The molecule has 2 nitrogen and oxygen atoms in total. The maximum Gasteiger partial charge on any atom is 0.416 e. The summed E-state index contributed by atoms with van der Waals surface area (Å²) < 4.78 is 78.3. The lowest BCUT2D eigenvalue weighted by Gasteiger charge is -2.06. The summed E-state index contributed by atoms with van der Waals surface area (Å²) in [7, 11) is 0. The molecule has 0 atom stereocenters. The quantitative estimate of drug-likeness (QED) is 0.261. The van der Waals surface area contributed by atoms with Crippen molar-refractivity contribution in [3.8, 4) is 5.69 Å². The predicted octanol–water partition coefficient (Wildman–Crippen LogP) is 8.25. The molecule has 8 heteroatoms. The molecule has 3 aromatic carbocycles. The first-order valence-corrected chi connectivity index (χ1v) is 10.5. The van der Waals surface area contributed by atoms with Crippen molar-refractivity contribution in [1.82, 2.24) is 9.78 Å². The van der Waals surface area contributed by atoms with Gasteiger partial charge in [0.05, 0.1) is 28.2 Å². The molecule has 0 unspecified atom stereocenters. The number of para-hydroxylation sites is 1. The number of halogens is 6. The van der Waals surface area contributed by atoms with Crippen molar-refractivity contribution in [3.05, 3.63) is 119 Å². The molecule has 1 aromatic heterocycles. The highest BCUT2D eigenvalue weighted by Crippen LogP contribution is 2.30. The van der Waals surface area contributed by atoms with Crippen LogP contribution in [0.5, 0.6) is 0 Å². The molecule has 0 aliphatic rings. The van der Waals surface area contributed by atoms with Crippen molar-refractivity contribution >= 4 is 24.3 Å². The third-order valence-corrected chi connectivity index (χ3v) is 5.13. The standard InChI is InChI=1S/C27H18F6N2/c28-26(29,30)21-12-6-19(7-13-21)10-16-23-18-25(35(34-23)24-4-2-1-3-5-24)17-11-20-8-14-22(15-9-20)27(31,32)33/h1-18H. The molecule has 0 amide bonds. The Morgan fingerprint density at radius 2 is 1.06 bits per heavy atom. The summed E-state index contributed by atoms with van der Waals surface area (Å²) in [5.41, 5.74) is 1.71. The first-order valence-electron chi connectivity index (χ1n) is 10.5. The van der Waals surface area contributed by atoms with Gasteiger partial charge in [-0.05, 0) is 65.7 Å². The number of nitrogens with zero attached hydrogens (tertiary/aromatic N) is 2. The van der Waals surface area contributed by atoms with Gasteiger partial charge in [0.25, 0.3) is 0 Å². The number of alkyl halides is 6. The lowest BCUT2D eigenvalue weighted by molar-refractivity contribution is -0.138. The zero-order valence-electron chi connectivity index (χ0n) is 18.1. The molecule has 35 heavy (non-hydrogen) atoms. The summed E-state index contributed by atoms with van der Waals surface area (Å²) in [6, 6.07) is 20.6. The van der Waals surface area contributed by atoms with Gasteiger partial charge in [-0.2, -0.15) is 31.4 Å². The monoisotopic (exact) mass is 484 g/mol. The molecule has 178 valence electrons. The highest BCUT2D eigenvalue weighted by Gasteiger charge is 2.30. The lowest BCUT2D eigenvalue weighted by atomic mass is 10.1. The van der Waals surface area contributed by atoms with Gasteiger partial charge < -0.3 is 0 Å². The highest BCUT2D eigenvalue weighted by molar-refractivity contribution is 5.73. The molecule has 0 aliphatic heterocycles. The average molecular weight is 484 g/mol. The summed E-state index contributed by atoms with van der Waals surface area (Å²) in [5, 5.41) is 4.56. The van der Waals surface area contributed by atoms with Crippen molar-refractivity contribution in [2.24, 2.45) is 0 Å². The Hall–Kier alpha value is -4.07. The second-order valence-corrected chi connectivity index (χ2v) is 7.65. The van der Waals surface area contributed by atoms with E-state index in [1.54, 1.807) is 35.1 Å². The van der Waals surface area contributed by atoms with Crippen molar-refractivity contribution in [1.29, 1.82) is 0 Å². The van der Waals surface area contributed by atoms with Crippen LogP contribution in [0.3, 0.4) is 0 Å². The van der Waals surface area contributed by atoms with Gasteiger partial charge in [0.15, 0.2) is 0 Å². The van der Waals surface area contributed by atoms with Crippen LogP contribution in [0.4, 0.5) is 26.3 Å². The van der Waals surface area contributed by atoms with E-state index >= 15 is 0 Å². The van der Waals surface area contributed by atoms with Gasteiger partial charge in [0.2, 0.25) is 0 Å². The van der Waals surface area contributed by atoms with Crippen molar-refractivity contribution in [2.45, 2.75) is 12.4 Å². The van der Waals surface area contributed by atoms with E-state index in [0.29, 0.717) is 22.5 Å². The van der Waals surface area contributed by atoms with Crippen LogP contribution in [0.15, 0.2) is 84.9 Å². The molecule has 4 rings (SSSR count). The van der Waals surface area contributed by atoms with Crippen molar-refractivity contribution < 1.29 is 26.3 Å². The number of aromatic nitrogens is 2. The SMILES string of the molecule is FC(F)(F)c1ccc(C=Cc2cc(C=Cc3ccc(C(F)(F)F)cc3)n(-c3ccccc3)n2)cc1. The smallest absolute Gasteiger partial charge is 0.233 e. The topological polar surface area (TPSA) is 17.8 Å². The molecule has 0 spiro atoms. The zero-order chi connectivity index (χ0) is 25.1. The van der Waals surface area contributed by atoms with Crippen LogP contribution in [0.1, 0.15) is 33.6 Å². The Morgan fingerprint density at radius 1 is 0.571 bits per heavy atom. The van der Waals surface area contributed by atoms with Crippen LogP contribution < -0.4 is 0 Å². The molecule has 0 saturated carbocycles. The molecular weight excluding hydrogens is 466 g/mol. The number of hydrogen-bond donors (Lipinski definition) is 0. The van der Waals surface area contributed by atoms with E-state index in [-0.39, 0.29) is 0 Å². The molecule has 0 aliphatic carbocycles. The van der Waals surface area contributed by atoms with Gasteiger partial charge in [-0.3, -0.25) is 0 Å². The van der Waals surface area contributed by atoms with Gasteiger partial charge in [-0.25, -0.2) is 4.68 Å². The zero-order valence-corrected chi connectivity index (χ0v) is 18.1. The second-order valence-electron chi connectivity index (χ2n) is 7.65. The minimum Gasteiger partial charge on any atom is -0.233 e. The van der Waals surface area contributed by atoms with E-state index in [2.05, 4.69) is 5.10 Å². The van der Waals surface area contributed by atoms with Crippen LogP contribution in [-0.2, 0) is 12.4 Å². The van der Waals surface area contributed by atoms with Gasteiger partial charge in [0, 0.05) is 0 Å². The van der Waals surface area contributed by atoms with E-state index in [1.165, 1.54) is 24.3 Å². The van der Waals surface area contributed by atoms with Crippen LogP contribution in [0.25, 0.3) is 30.0 Å². The fraction of sp³-hybridized carbons (Fsp3) is 0.0741. The normalized spacial score (nSPS) is 12.6. The van der Waals surface area contributed by atoms with E-state index in [0.717, 1.165) is 30.0 Å². The first-order chi connectivity index (χ1) is 16.6. The van der Waals surface area contributed by atoms with Gasteiger partial charge in [-0.15, -0.1) is 0 Å². The van der Waals surface area contributed by atoms with Crippen LogP contribution >= 0.6 is 0 Å². The molecular formula is C27H18F6N2. The van der Waals surface area contributed by atoms with Crippen LogP contribution in [0.2, 0.25) is 0 Å². The Kier molecular flexibility index (Phi) is 6.64. The molecule has 0 N–H and O–H groups in total. The van der Waals surface area contributed by atoms with Crippen molar-refractivity contribution in [3.63, 3.8) is 0 Å². The number of benzene rings is 3. The van der Waals surface area contributed by atoms with E-state index in [1.807, 2.05) is 30.3 Å². The predicted molar refractivity (Wildman–Crippen MR) is 124 cm³/mol. The largest absolute Gasteiger partial charge is 0.416 e. The molecule has 0 fully saturated rings. The van der Waals surface area contributed by atoms with Crippen LogP contribution in [0, 0.1) is 0 Å². The maximum atomic E-state index is 12.8. The van der Waals surface area contributed by atoms with Gasteiger partial charge in [-0.1, -0.05) is 54.6 Å². The Bertz CT molecular complexity index is 1330. The molecule has 0 radical (unpaired) electrons. The van der Waals surface area contributed by atoms with E-state index < -0.39 is 23.5 Å². The highest BCUT2D eigenvalue weighted by atomic mass is 19.4.